The van der Waals surface area contributed by atoms with Crippen LogP contribution in [0.25, 0.3) is 0 Å². The predicted molar refractivity (Wildman–Crippen MR) is 85.8 cm³/mol. The van der Waals surface area contributed by atoms with Gasteiger partial charge in [-0.25, -0.2) is 12.8 Å². The van der Waals surface area contributed by atoms with Gasteiger partial charge in [0.15, 0.2) is 9.84 Å². The maximum absolute atomic E-state index is 12.9. The molecule has 22 heavy (non-hydrogen) atoms. The molecule has 0 N–H and O–H groups in total. The van der Waals surface area contributed by atoms with Crippen LogP contribution >= 0.6 is 0 Å². The fourth-order valence-corrected chi connectivity index (χ4v) is 2.89. The lowest BCUT2D eigenvalue weighted by Crippen LogP contribution is -2.22. The van der Waals surface area contributed by atoms with Crippen molar-refractivity contribution >= 4 is 9.84 Å². The second kappa shape index (κ2) is 6.58. The van der Waals surface area contributed by atoms with Crippen LogP contribution in [0.15, 0.2) is 53.4 Å². The maximum atomic E-state index is 12.9. The highest BCUT2D eigenvalue weighted by atomic mass is 32.2. The molecule has 2 rings (SSSR count). The number of benzene rings is 2. The second-order valence-electron chi connectivity index (χ2n) is 5.56. The average molecular weight is 321 g/mol. The van der Waals surface area contributed by atoms with E-state index in [1.54, 1.807) is 24.3 Å². The molecule has 0 saturated carbocycles. The molecule has 5 heteroatoms. The van der Waals surface area contributed by atoms with Crippen LogP contribution < -0.4 is 0 Å². The molecule has 1 atom stereocenters. The van der Waals surface area contributed by atoms with Crippen molar-refractivity contribution in [1.29, 1.82) is 0 Å². The molecule has 0 aliphatic heterocycles. The average Bonchev–Trinajstić information content (AvgIpc) is 2.48. The van der Waals surface area contributed by atoms with Gasteiger partial charge in [-0.2, -0.15) is 0 Å². The van der Waals surface area contributed by atoms with Crippen LogP contribution in [0.1, 0.15) is 24.1 Å². The Morgan fingerprint density at radius 1 is 1.05 bits per heavy atom. The third-order valence-electron chi connectivity index (χ3n) is 3.80. The van der Waals surface area contributed by atoms with Crippen molar-refractivity contribution in [3.63, 3.8) is 0 Å². The van der Waals surface area contributed by atoms with Gasteiger partial charge in [0, 0.05) is 18.8 Å². The molecular formula is C17H20FNO2S. The topological polar surface area (TPSA) is 37.4 Å². The molecule has 118 valence electrons. The zero-order valence-electron chi connectivity index (χ0n) is 13.0. The molecule has 0 aliphatic rings. The van der Waals surface area contributed by atoms with Gasteiger partial charge >= 0.3 is 0 Å². The summed E-state index contributed by atoms with van der Waals surface area (Å²) in [6.07, 6.45) is 1.20. The van der Waals surface area contributed by atoms with Crippen LogP contribution in [-0.2, 0) is 16.4 Å². The molecule has 0 bridgehead atoms. The molecule has 0 aliphatic carbocycles. The van der Waals surface area contributed by atoms with Gasteiger partial charge in [-0.1, -0.05) is 24.3 Å². The SMILES string of the molecule is CC(c1ccc(S(C)(=O)=O)cc1)N(C)Cc1ccc(F)cc1. The number of sulfone groups is 1. The number of nitrogens with zero attached hydrogens (tertiary/aromatic N) is 1. The van der Waals surface area contributed by atoms with E-state index in [9.17, 15) is 12.8 Å². The maximum Gasteiger partial charge on any atom is 0.175 e. The van der Waals surface area contributed by atoms with E-state index in [4.69, 9.17) is 0 Å². The lowest BCUT2D eigenvalue weighted by molar-refractivity contribution is 0.253. The van der Waals surface area contributed by atoms with Crippen molar-refractivity contribution in [2.45, 2.75) is 24.4 Å². The highest BCUT2D eigenvalue weighted by Crippen LogP contribution is 2.22. The summed E-state index contributed by atoms with van der Waals surface area (Å²) in [5.74, 6) is -0.240. The third kappa shape index (κ3) is 4.15. The molecule has 0 saturated heterocycles. The van der Waals surface area contributed by atoms with Crippen LogP contribution in [0.5, 0.6) is 0 Å². The van der Waals surface area contributed by atoms with E-state index in [2.05, 4.69) is 11.8 Å². The minimum Gasteiger partial charge on any atom is -0.295 e. The van der Waals surface area contributed by atoms with Crippen LogP contribution in [0.2, 0.25) is 0 Å². The quantitative estimate of drug-likeness (QED) is 0.847. The Morgan fingerprint density at radius 3 is 2.09 bits per heavy atom. The molecular weight excluding hydrogens is 301 g/mol. The van der Waals surface area contributed by atoms with Crippen molar-refractivity contribution in [3.05, 3.63) is 65.5 Å². The van der Waals surface area contributed by atoms with Crippen molar-refractivity contribution in [2.75, 3.05) is 13.3 Å². The Bertz CT molecular complexity index is 724. The lowest BCUT2D eigenvalue weighted by atomic mass is 10.1. The molecule has 0 heterocycles. The molecule has 1 unspecified atom stereocenters. The normalized spacial score (nSPS) is 13.3. The van der Waals surface area contributed by atoms with E-state index in [1.165, 1.54) is 18.4 Å². The van der Waals surface area contributed by atoms with Crippen molar-refractivity contribution in [2.24, 2.45) is 0 Å². The summed E-state index contributed by atoms with van der Waals surface area (Å²) in [5.41, 5.74) is 2.07. The zero-order chi connectivity index (χ0) is 16.3. The summed E-state index contributed by atoms with van der Waals surface area (Å²) in [5, 5.41) is 0. The monoisotopic (exact) mass is 321 g/mol. The minimum absolute atomic E-state index is 0.124. The first-order valence-electron chi connectivity index (χ1n) is 7.02. The van der Waals surface area contributed by atoms with Gasteiger partial charge in [0.1, 0.15) is 5.82 Å². The number of hydrogen-bond donors (Lipinski definition) is 0. The summed E-state index contributed by atoms with van der Waals surface area (Å²) in [6, 6.07) is 13.5. The summed E-state index contributed by atoms with van der Waals surface area (Å²) >= 11 is 0. The smallest absolute Gasteiger partial charge is 0.175 e. The number of rotatable bonds is 5. The van der Waals surface area contributed by atoms with Gasteiger partial charge in [0.2, 0.25) is 0 Å². The van der Waals surface area contributed by atoms with E-state index >= 15 is 0 Å². The summed E-state index contributed by atoms with van der Waals surface area (Å²) in [7, 11) is -1.18. The van der Waals surface area contributed by atoms with Crippen molar-refractivity contribution < 1.29 is 12.8 Å². The van der Waals surface area contributed by atoms with Crippen molar-refractivity contribution in [3.8, 4) is 0 Å². The standard InChI is InChI=1S/C17H20FNO2S/c1-13(15-6-10-17(11-7-15)22(3,20)21)19(2)12-14-4-8-16(18)9-5-14/h4-11,13H,12H2,1-3H3. The molecule has 0 fully saturated rings. The molecule has 0 aromatic heterocycles. The minimum atomic E-state index is -3.17. The highest BCUT2D eigenvalue weighted by Gasteiger charge is 2.13. The van der Waals surface area contributed by atoms with E-state index < -0.39 is 9.84 Å². The Hall–Kier alpha value is -1.72. The first-order chi connectivity index (χ1) is 10.3. The van der Waals surface area contributed by atoms with Crippen molar-refractivity contribution in [1.82, 2.24) is 4.90 Å². The van der Waals surface area contributed by atoms with Gasteiger partial charge in [-0.15, -0.1) is 0 Å². The number of halogens is 1. The molecule has 3 nitrogen and oxygen atoms in total. The first kappa shape index (κ1) is 16.6. The van der Waals surface area contributed by atoms with Gasteiger partial charge in [0.25, 0.3) is 0 Å². The molecule has 2 aromatic rings. The fraction of sp³-hybridized carbons (Fsp3) is 0.294. The molecule has 0 spiro atoms. The number of hydrogen-bond acceptors (Lipinski definition) is 3. The first-order valence-corrected chi connectivity index (χ1v) is 8.91. The van der Waals surface area contributed by atoms with Crippen LogP contribution in [-0.4, -0.2) is 26.6 Å². The van der Waals surface area contributed by atoms with Crippen LogP contribution in [0.4, 0.5) is 4.39 Å². The fourth-order valence-electron chi connectivity index (χ4n) is 2.26. The van der Waals surface area contributed by atoms with E-state index in [1.807, 2.05) is 19.2 Å². The third-order valence-corrected chi connectivity index (χ3v) is 4.93. The Labute approximate surface area is 131 Å². The van der Waals surface area contributed by atoms with Crippen LogP contribution in [0, 0.1) is 5.82 Å². The van der Waals surface area contributed by atoms with Gasteiger partial charge in [-0.05, 0) is 49.4 Å². The van der Waals surface area contributed by atoms with Gasteiger partial charge in [-0.3, -0.25) is 4.90 Å². The van der Waals surface area contributed by atoms with E-state index in [0.717, 1.165) is 11.1 Å². The van der Waals surface area contributed by atoms with Crippen LogP contribution in [0.3, 0.4) is 0 Å². The second-order valence-corrected chi connectivity index (χ2v) is 7.57. The summed E-state index contributed by atoms with van der Waals surface area (Å²) in [4.78, 5) is 2.45. The van der Waals surface area contributed by atoms with E-state index in [0.29, 0.717) is 11.4 Å². The molecule has 0 radical (unpaired) electrons. The van der Waals surface area contributed by atoms with Gasteiger partial charge in [0.05, 0.1) is 4.90 Å². The lowest BCUT2D eigenvalue weighted by Gasteiger charge is -2.25. The molecule has 2 aromatic carbocycles. The van der Waals surface area contributed by atoms with Gasteiger partial charge < -0.3 is 0 Å². The van der Waals surface area contributed by atoms with E-state index in [-0.39, 0.29) is 11.9 Å². The molecule has 0 amide bonds. The zero-order valence-corrected chi connectivity index (χ0v) is 13.8. The summed E-state index contributed by atoms with van der Waals surface area (Å²) < 4.78 is 35.9. The predicted octanol–water partition coefficient (Wildman–Crippen LogP) is 3.42. The Balaban J connectivity index is 2.10. The highest BCUT2D eigenvalue weighted by molar-refractivity contribution is 7.90. The largest absolute Gasteiger partial charge is 0.295 e. The Kier molecular flexibility index (Phi) is 4.98. The Morgan fingerprint density at radius 2 is 1.59 bits per heavy atom. The summed E-state index contributed by atoms with van der Waals surface area (Å²) in [6.45, 7) is 2.74.